The maximum atomic E-state index is 3.74. The zero-order chi connectivity index (χ0) is 5.82. The van der Waals surface area contributed by atoms with E-state index in [0.717, 1.165) is 18.8 Å². The summed E-state index contributed by atoms with van der Waals surface area (Å²) in [5, 5.41) is 0. The largest absolute Gasteiger partial charge is 0.103 e. The molecule has 0 nitrogen and oxygen atoms in total. The molecule has 1 atom stereocenters. The van der Waals surface area contributed by atoms with Crippen LogP contribution in [0.5, 0.6) is 0 Å². The molecule has 1 aliphatic rings. The van der Waals surface area contributed by atoms with Crippen molar-refractivity contribution in [2.75, 3.05) is 0 Å². The van der Waals surface area contributed by atoms with Crippen LogP contribution >= 0.6 is 0 Å². The molecule has 43 valence electrons. The summed E-state index contributed by atoms with van der Waals surface area (Å²) in [5.74, 6) is 0.733. The number of rotatable bonds is 1. The Morgan fingerprint density at radius 2 is 2.62 bits per heavy atom. The van der Waals surface area contributed by atoms with Crippen LogP contribution in [0.15, 0.2) is 18.7 Å². The minimum Gasteiger partial charge on any atom is -0.103 e. The highest BCUT2D eigenvalue weighted by molar-refractivity contribution is 4.91. The first-order valence-corrected chi connectivity index (χ1v) is 3.11. The van der Waals surface area contributed by atoms with Gasteiger partial charge < -0.3 is 0 Å². The van der Waals surface area contributed by atoms with Gasteiger partial charge >= 0.3 is 0 Å². The molecule has 1 rings (SSSR count). The van der Waals surface area contributed by atoms with Crippen molar-refractivity contribution in [2.45, 2.75) is 19.3 Å². The average Bonchev–Trinajstić information content (AvgIpc) is 1.90. The van der Waals surface area contributed by atoms with Gasteiger partial charge in [-0.15, -0.1) is 6.58 Å². The number of hydrogen-bond donors (Lipinski definition) is 0. The Bertz CT molecular complexity index is 101. The van der Waals surface area contributed by atoms with Crippen molar-refractivity contribution >= 4 is 0 Å². The van der Waals surface area contributed by atoms with Gasteiger partial charge in [0.2, 0.25) is 0 Å². The lowest BCUT2D eigenvalue weighted by Crippen LogP contribution is -1.97. The molecule has 0 saturated heterocycles. The van der Waals surface area contributed by atoms with E-state index in [2.05, 4.69) is 18.7 Å². The van der Waals surface area contributed by atoms with Gasteiger partial charge in [0.15, 0.2) is 0 Å². The van der Waals surface area contributed by atoms with E-state index >= 15 is 0 Å². The van der Waals surface area contributed by atoms with E-state index in [4.69, 9.17) is 0 Å². The van der Waals surface area contributed by atoms with Crippen molar-refractivity contribution < 1.29 is 0 Å². The van der Waals surface area contributed by atoms with Crippen LogP contribution in [0, 0.1) is 12.0 Å². The Labute approximate surface area is 50.9 Å². The molecule has 0 bridgehead atoms. The summed E-state index contributed by atoms with van der Waals surface area (Å²) in [6, 6.07) is 0. The fourth-order valence-electron chi connectivity index (χ4n) is 0.937. The Morgan fingerprint density at radius 3 is 3.00 bits per heavy atom. The highest BCUT2D eigenvalue weighted by Crippen LogP contribution is 2.17. The number of hydrogen-bond acceptors (Lipinski definition) is 0. The van der Waals surface area contributed by atoms with E-state index in [-0.39, 0.29) is 0 Å². The molecule has 0 amide bonds. The minimum absolute atomic E-state index is 0.733. The summed E-state index contributed by atoms with van der Waals surface area (Å²) in [6.45, 7) is 3.74. The van der Waals surface area contributed by atoms with Crippen molar-refractivity contribution in [3.63, 3.8) is 0 Å². The lowest BCUT2D eigenvalue weighted by atomic mass is 9.95. The van der Waals surface area contributed by atoms with E-state index < -0.39 is 0 Å². The zero-order valence-electron chi connectivity index (χ0n) is 5.06. The third-order valence-electron chi connectivity index (χ3n) is 1.56. The molecule has 1 aliphatic carbocycles. The minimum atomic E-state index is 0.733. The lowest BCUT2D eigenvalue weighted by Gasteiger charge is -2.10. The molecule has 0 aromatic rings. The summed E-state index contributed by atoms with van der Waals surface area (Å²) < 4.78 is 0. The molecule has 0 saturated carbocycles. The van der Waals surface area contributed by atoms with Gasteiger partial charge in [-0.25, -0.2) is 0 Å². The summed E-state index contributed by atoms with van der Waals surface area (Å²) >= 11 is 0. The molecular formula is C8H11. The molecule has 0 heterocycles. The van der Waals surface area contributed by atoms with E-state index in [1.165, 1.54) is 6.42 Å². The molecule has 0 spiro atoms. The van der Waals surface area contributed by atoms with Crippen molar-refractivity contribution in [1.82, 2.24) is 0 Å². The molecule has 0 aromatic heterocycles. The molecule has 0 heteroatoms. The molecular weight excluding hydrogens is 96.1 g/mol. The van der Waals surface area contributed by atoms with Gasteiger partial charge in [0, 0.05) is 0 Å². The molecule has 0 aliphatic heterocycles. The highest BCUT2D eigenvalue weighted by atomic mass is 14.1. The fraction of sp³-hybridized carbons (Fsp3) is 0.500. The summed E-state index contributed by atoms with van der Waals surface area (Å²) in [7, 11) is 0. The predicted octanol–water partition coefficient (Wildman–Crippen LogP) is 2.33. The monoisotopic (exact) mass is 107 g/mol. The fourth-order valence-corrected chi connectivity index (χ4v) is 0.937. The van der Waals surface area contributed by atoms with Crippen molar-refractivity contribution in [2.24, 2.45) is 5.92 Å². The van der Waals surface area contributed by atoms with Crippen LogP contribution in [0.1, 0.15) is 19.3 Å². The Morgan fingerprint density at radius 1 is 1.75 bits per heavy atom. The van der Waals surface area contributed by atoms with Crippen LogP contribution in [0.3, 0.4) is 0 Å². The Balaban J connectivity index is 2.37. The van der Waals surface area contributed by atoms with Crippen LogP contribution in [-0.4, -0.2) is 0 Å². The van der Waals surface area contributed by atoms with Gasteiger partial charge in [0.05, 0.1) is 0 Å². The maximum absolute atomic E-state index is 3.74. The lowest BCUT2D eigenvalue weighted by molar-refractivity contribution is 0.577. The summed E-state index contributed by atoms with van der Waals surface area (Å²) in [4.78, 5) is 0. The quantitative estimate of drug-likeness (QED) is 0.451. The van der Waals surface area contributed by atoms with Crippen LogP contribution < -0.4 is 0 Å². The molecule has 8 heavy (non-hydrogen) atoms. The first-order chi connectivity index (χ1) is 3.93. The molecule has 0 N–H and O–H groups in total. The van der Waals surface area contributed by atoms with E-state index in [1.807, 2.05) is 6.08 Å². The summed E-state index contributed by atoms with van der Waals surface area (Å²) in [5.41, 5.74) is 0. The molecule has 0 fully saturated rings. The van der Waals surface area contributed by atoms with E-state index in [0.29, 0.717) is 0 Å². The molecule has 1 unspecified atom stereocenters. The Kier molecular flexibility index (Phi) is 1.90. The smallest absolute Gasteiger partial charge is 0.0198 e. The molecule has 1 radical (unpaired) electrons. The highest BCUT2D eigenvalue weighted by Gasteiger charge is 2.03. The first-order valence-electron chi connectivity index (χ1n) is 3.11. The van der Waals surface area contributed by atoms with Crippen molar-refractivity contribution in [3.8, 4) is 0 Å². The van der Waals surface area contributed by atoms with Crippen molar-refractivity contribution in [3.05, 3.63) is 24.8 Å². The third-order valence-corrected chi connectivity index (χ3v) is 1.56. The molecule has 0 aromatic carbocycles. The SMILES string of the molecule is C=CC1CC=[C]CC1. The van der Waals surface area contributed by atoms with Crippen LogP contribution in [-0.2, 0) is 0 Å². The summed E-state index contributed by atoms with van der Waals surface area (Å²) in [6.07, 6.45) is 10.9. The second kappa shape index (κ2) is 2.71. The second-order valence-corrected chi connectivity index (χ2v) is 2.18. The number of allylic oxidation sites excluding steroid dienone is 3. The van der Waals surface area contributed by atoms with Crippen LogP contribution in [0.25, 0.3) is 0 Å². The first kappa shape index (κ1) is 5.61. The van der Waals surface area contributed by atoms with Gasteiger partial charge in [0.1, 0.15) is 0 Å². The van der Waals surface area contributed by atoms with Gasteiger partial charge in [-0.1, -0.05) is 12.2 Å². The zero-order valence-corrected chi connectivity index (χ0v) is 5.06. The van der Waals surface area contributed by atoms with Gasteiger partial charge in [-0.2, -0.15) is 0 Å². The van der Waals surface area contributed by atoms with Crippen LogP contribution in [0.4, 0.5) is 0 Å². The topological polar surface area (TPSA) is 0 Å². The van der Waals surface area contributed by atoms with Crippen molar-refractivity contribution in [1.29, 1.82) is 0 Å². The van der Waals surface area contributed by atoms with Crippen LogP contribution in [0.2, 0.25) is 0 Å². The predicted molar refractivity (Wildman–Crippen MR) is 35.4 cm³/mol. The Hall–Kier alpha value is -0.520. The average molecular weight is 107 g/mol. The van der Waals surface area contributed by atoms with E-state index in [9.17, 15) is 0 Å². The maximum Gasteiger partial charge on any atom is -0.0198 e. The third kappa shape index (κ3) is 1.22. The normalized spacial score (nSPS) is 27.8. The van der Waals surface area contributed by atoms with E-state index in [1.54, 1.807) is 0 Å². The van der Waals surface area contributed by atoms with Gasteiger partial charge in [-0.05, 0) is 31.3 Å². The van der Waals surface area contributed by atoms with Gasteiger partial charge in [-0.3, -0.25) is 0 Å². The second-order valence-electron chi connectivity index (χ2n) is 2.18. The van der Waals surface area contributed by atoms with Gasteiger partial charge in [0.25, 0.3) is 0 Å². The standard InChI is InChI=1S/C8H11/c1-2-8-6-4-3-5-7-8/h2,4,8H,1,5-7H2.